The Kier molecular flexibility index (Phi) is 3.31. The van der Waals surface area contributed by atoms with Gasteiger partial charge in [0.25, 0.3) is 0 Å². The van der Waals surface area contributed by atoms with E-state index in [0.29, 0.717) is 18.0 Å². The second kappa shape index (κ2) is 5.14. The topological polar surface area (TPSA) is 82.5 Å². The summed E-state index contributed by atoms with van der Waals surface area (Å²) in [6.45, 7) is 0.489. The highest BCUT2D eigenvalue weighted by Crippen LogP contribution is 2.31. The van der Waals surface area contributed by atoms with Crippen LogP contribution in [-0.4, -0.2) is 41.5 Å². The summed E-state index contributed by atoms with van der Waals surface area (Å²) in [5.41, 5.74) is 9.77. The van der Waals surface area contributed by atoms with Gasteiger partial charge in [-0.1, -0.05) is 12.1 Å². The SMILES string of the molecule is COc1c(-c2ccc3c(c2)C(CN)=NCC3=O)cnn1C. The molecule has 108 valence electrons. The predicted octanol–water partition coefficient (Wildman–Crippen LogP) is 1.04. The highest BCUT2D eigenvalue weighted by atomic mass is 16.5. The number of fused-ring (bicyclic) bond motifs is 1. The first-order valence-corrected chi connectivity index (χ1v) is 6.63. The minimum absolute atomic E-state index is 0.0203. The number of rotatable bonds is 3. The quantitative estimate of drug-likeness (QED) is 0.913. The van der Waals surface area contributed by atoms with Gasteiger partial charge in [-0.15, -0.1) is 0 Å². The van der Waals surface area contributed by atoms with E-state index in [1.54, 1.807) is 18.0 Å². The Morgan fingerprint density at radius 3 is 2.86 bits per heavy atom. The lowest BCUT2D eigenvalue weighted by Gasteiger charge is -2.16. The smallest absolute Gasteiger partial charge is 0.219 e. The second-order valence-electron chi connectivity index (χ2n) is 4.84. The first-order chi connectivity index (χ1) is 10.2. The van der Waals surface area contributed by atoms with Gasteiger partial charge in [0.1, 0.15) is 6.54 Å². The van der Waals surface area contributed by atoms with Crippen molar-refractivity contribution in [3.05, 3.63) is 35.5 Å². The summed E-state index contributed by atoms with van der Waals surface area (Å²) >= 11 is 0. The molecule has 0 bridgehead atoms. The summed E-state index contributed by atoms with van der Waals surface area (Å²) in [4.78, 5) is 16.2. The lowest BCUT2D eigenvalue weighted by Crippen LogP contribution is -2.24. The Hall–Kier alpha value is -2.47. The summed E-state index contributed by atoms with van der Waals surface area (Å²) < 4.78 is 7.03. The first-order valence-electron chi connectivity index (χ1n) is 6.63. The van der Waals surface area contributed by atoms with Gasteiger partial charge in [-0.2, -0.15) is 5.10 Å². The zero-order valence-corrected chi connectivity index (χ0v) is 12.0. The lowest BCUT2D eigenvalue weighted by molar-refractivity contribution is 0.1000. The number of hydrogen-bond acceptors (Lipinski definition) is 5. The van der Waals surface area contributed by atoms with Crippen LogP contribution in [0.4, 0.5) is 0 Å². The number of nitrogens with two attached hydrogens (primary N) is 1. The van der Waals surface area contributed by atoms with E-state index in [4.69, 9.17) is 10.5 Å². The maximum atomic E-state index is 11.9. The summed E-state index contributed by atoms with van der Waals surface area (Å²) in [5.74, 6) is 0.690. The van der Waals surface area contributed by atoms with Crippen molar-refractivity contribution in [1.29, 1.82) is 0 Å². The molecule has 1 aliphatic rings. The van der Waals surface area contributed by atoms with Gasteiger partial charge in [0, 0.05) is 24.7 Å². The maximum Gasteiger partial charge on any atom is 0.219 e. The molecule has 0 saturated heterocycles. The fourth-order valence-electron chi connectivity index (χ4n) is 2.57. The summed E-state index contributed by atoms with van der Waals surface area (Å²) in [6.07, 6.45) is 1.74. The van der Waals surface area contributed by atoms with Crippen molar-refractivity contribution in [3.63, 3.8) is 0 Å². The number of carbonyl (C=O) groups excluding carboxylic acids is 1. The summed E-state index contributed by atoms with van der Waals surface area (Å²) in [7, 11) is 3.42. The van der Waals surface area contributed by atoms with Crippen LogP contribution in [0.3, 0.4) is 0 Å². The zero-order chi connectivity index (χ0) is 15.0. The first kappa shape index (κ1) is 13.5. The van der Waals surface area contributed by atoms with E-state index in [0.717, 1.165) is 22.4 Å². The Morgan fingerprint density at radius 2 is 2.14 bits per heavy atom. The van der Waals surface area contributed by atoms with Gasteiger partial charge in [0.2, 0.25) is 5.88 Å². The predicted molar refractivity (Wildman–Crippen MR) is 80.0 cm³/mol. The molecule has 1 aliphatic heterocycles. The third-order valence-corrected chi connectivity index (χ3v) is 3.63. The molecule has 0 aliphatic carbocycles. The van der Waals surface area contributed by atoms with E-state index >= 15 is 0 Å². The lowest BCUT2D eigenvalue weighted by atomic mass is 9.93. The highest BCUT2D eigenvalue weighted by Gasteiger charge is 2.21. The molecule has 0 amide bonds. The van der Waals surface area contributed by atoms with Crippen molar-refractivity contribution in [3.8, 4) is 17.0 Å². The van der Waals surface area contributed by atoms with Crippen molar-refractivity contribution in [2.75, 3.05) is 20.2 Å². The second-order valence-corrected chi connectivity index (χ2v) is 4.84. The number of aromatic nitrogens is 2. The average molecular weight is 284 g/mol. The van der Waals surface area contributed by atoms with Crippen LogP contribution in [0.15, 0.2) is 29.4 Å². The standard InChI is InChI=1S/C15H16N4O2/c1-19-15(21-2)12(7-18-19)9-3-4-10-11(5-9)13(6-16)17-8-14(10)20/h3-5,7H,6,8,16H2,1-2H3. The minimum Gasteiger partial charge on any atom is -0.481 e. The van der Waals surface area contributed by atoms with Crippen LogP contribution in [0.1, 0.15) is 15.9 Å². The molecule has 1 aromatic carbocycles. The molecule has 0 saturated carbocycles. The number of Topliss-reactive ketones (excluding diaryl/α,β-unsaturated/α-hetero) is 1. The number of hydrogen-bond donors (Lipinski definition) is 1. The van der Waals surface area contributed by atoms with Crippen LogP contribution >= 0.6 is 0 Å². The molecular weight excluding hydrogens is 268 g/mol. The van der Waals surface area contributed by atoms with Crippen molar-refractivity contribution < 1.29 is 9.53 Å². The van der Waals surface area contributed by atoms with Crippen molar-refractivity contribution in [2.24, 2.45) is 17.8 Å². The van der Waals surface area contributed by atoms with Crippen molar-refractivity contribution in [1.82, 2.24) is 9.78 Å². The average Bonchev–Trinajstić information content (AvgIpc) is 2.88. The number of benzene rings is 1. The molecule has 1 aromatic heterocycles. The van der Waals surface area contributed by atoms with Gasteiger partial charge < -0.3 is 10.5 Å². The van der Waals surface area contributed by atoms with Crippen LogP contribution in [0.25, 0.3) is 11.1 Å². The zero-order valence-electron chi connectivity index (χ0n) is 12.0. The van der Waals surface area contributed by atoms with Crippen LogP contribution in [0.5, 0.6) is 5.88 Å². The molecule has 2 heterocycles. The normalized spacial score (nSPS) is 13.9. The number of methoxy groups -OCH3 is 1. The van der Waals surface area contributed by atoms with E-state index in [1.165, 1.54) is 0 Å². The fourth-order valence-corrected chi connectivity index (χ4v) is 2.57. The Morgan fingerprint density at radius 1 is 1.33 bits per heavy atom. The maximum absolute atomic E-state index is 11.9. The van der Waals surface area contributed by atoms with Crippen LogP contribution in [0, 0.1) is 0 Å². The Bertz CT molecular complexity index is 746. The molecule has 6 nitrogen and oxygen atoms in total. The number of aryl methyl sites for hydroxylation is 1. The van der Waals surface area contributed by atoms with Crippen LogP contribution in [-0.2, 0) is 7.05 Å². The van der Waals surface area contributed by atoms with Gasteiger partial charge >= 0.3 is 0 Å². The molecule has 0 atom stereocenters. The molecule has 0 unspecified atom stereocenters. The molecule has 3 rings (SSSR count). The monoisotopic (exact) mass is 284 g/mol. The molecule has 0 fully saturated rings. The number of ether oxygens (including phenoxy) is 1. The van der Waals surface area contributed by atoms with Gasteiger partial charge in [-0.05, 0) is 11.6 Å². The van der Waals surface area contributed by atoms with Crippen molar-refractivity contribution in [2.45, 2.75) is 0 Å². The van der Waals surface area contributed by atoms with Gasteiger partial charge in [-0.25, -0.2) is 4.68 Å². The van der Waals surface area contributed by atoms with E-state index in [9.17, 15) is 4.79 Å². The Labute approximate surface area is 122 Å². The van der Waals surface area contributed by atoms with Crippen LogP contribution < -0.4 is 10.5 Å². The molecule has 0 spiro atoms. The van der Waals surface area contributed by atoms with E-state index in [2.05, 4.69) is 10.1 Å². The Balaban J connectivity index is 2.15. The molecular formula is C15H16N4O2. The molecule has 2 aromatic rings. The molecule has 0 radical (unpaired) electrons. The number of ketones is 1. The number of aliphatic imine (C=N–C) groups is 1. The fraction of sp³-hybridized carbons (Fsp3) is 0.267. The largest absolute Gasteiger partial charge is 0.481 e. The van der Waals surface area contributed by atoms with E-state index in [1.807, 2.05) is 25.2 Å². The number of nitrogens with zero attached hydrogens (tertiary/aromatic N) is 3. The van der Waals surface area contributed by atoms with Crippen molar-refractivity contribution >= 4 is 11.5 Å². The number of carbonyl (C=O) groups is 1. The minimum atomic E-state index is 0.0203. The van der Waals surface area contributed by atoms with Crippen LogP contribution in [0.2, 0.25) is 0 Å². The molecule has 6 heteroatoms. The highest BCUT2D eigenvalue weighted by molar-refractivity contribution is 6.16. The van der Waals surface area contributed by atoms with Gasteiger partial charge in [-0.3, -0.25) is 9.79 Å². The summed E-state index contributed by atoms with van der Waals surface area (Å²) in [5, 5.41) is 4.20. The van der Waals surface area contributed by atoms with Gasteiger partial charge in [0.05, 0.1) is 24.6 Å². The third kappa shape index (κ3) is 2.13. The molecule has 21 heavy (non-hydrogen) atoms. The van der Waals surface area contributed by atoms with E-state index in [-0.39, 0.29) is 12.3 Å². The third-order valence-electron chi connectivity index (χ3n) is 3.63. The van der Waals surface area contributed by atoms with E-state index < -0.39 is 0 Å². The summed E-state index contributed by atoms with van der Waals surface area (Å²) in [6, 6.07) is 5.65. The molecule has 2 N–H and O–H groups in total. The van der Waals surface area contributed by atoms with Gasteiger partial charge in [0.15, 0.2) is 5.78 Å².